The number of hydrogen-bond donors (Lipinski definition) is 0. The van der Waals surface area contributed by atoms with Crippen LogP contribution >= 0.6 is 34.2 Å². The third-order valence-corrected chi connectivity index (χ3v) is 4.73. The van der Waals surface area contributed by atoms with Gasteiger partial charge in [0, 0.05) is 3.57 Å². The van der Waals surface area contributed by atoms with E-state index in [9.17, 15) is 4.79 Å². The van der Waals surface area contributed by atoms with Crippen molar-refractivity contribution in [3.63, 3.8) is 0 Å². The number of benzene rings is 2. The summed E-state index contributed by atoms with van der Waals surface area (Å²) in [6, 6.07) is 10.9. The molecule has 1 aliphatic heterocycles. The second kappa shape index (κ2) is 8.75. The van der Waals surface area contributed by atoms with Gasteiger partial charge in [-0.25, -0.2) is 9.79 Å². The van der Waals surface area contributed by atoms with Crippen LogP contribution in [0.5, 0.6) is 11.5 Å². The Bertz CT molecular complexity index is 940. The van der Waals surface area contributed by atoms with Crippen molar-refractivity contribution < 1.29 is 19.0 Å². The Morgan fingerprint density at radius 1 is 1.22 bits per heavy atom. The van der Waals surface area contributed by atoms with Gasteiger partial charge < -0.3 is 14.2 Å². The van der Waals surface area contributed by atoms with Gasteiger partial charge >= 0.3 is 5.97 Å². The minimum Gasteiger partial charge on any atom is -0.493 e. The quantitative estimate of drug-likeness (QED) is 0.317. The summed E-state index contributed by atoms with van der Waals surface area (Å²) in [5.41, 5.74) is 1.53. The van der Waals surface area contributed by atoms with Gasteiger partial charge in [0.05, 0.1) is 24.3 Å². The molecular formula is C20H17ClINO4. The number of carbonyl (C=O) groups excluding carboxylic acids is 1. The number of aliphatic imine (C=N–C) groups is 1. The summed E-state index contributed by atoms with van der Waals surface area (Å²) in [7, 11) is 1.57. The van der Waals surface area contributed by atoms with Crippen LogP contribution in [0.3, 0.4) is 0 Å². The number of cyclic esters (lactones) is 1. The smallest absolute Gasteiger partial charge is 0.363 e. The Labute approximate surface area is 176 Å². The van der Waals surface area contributed by atoms with E-state index in [2.05, 4.69) is 27.6 Å². The molecule has 0 bridgehead atoms. The first-order valence-electron chi connectivity index (χ1n) is 8.30. The first-order chi connectivity index (χ1) is 13.0. The summed E-state index contributed by atoms with van der Waals surface area (Å²) in [6.07, 6.45) is 2.54. The highest BCUT2D eigenvalue weighted by Crippen LogP contribution is 2.30. The van der Waals surface area contributed by atoms with Crippen LogP contribution in [0.2, 0.25) is 5.02 Å². The van der Waals surface area contributed by atoms with E-state index in [-0.39, 0.29) is 11.6 Å². The van der Waals surface area contributed by atoms with Gasteiger partial charge in [0.1, 0.15) is 0 Å². The summed E-state index contributed by atoms with van der Waals surface area (Å²) in [4.78, 5) is 16.5. The molecule has 0 N–H and O–H groups in total. The van der Waals surface area contributed by atoms with E-state index in [0.29, 0.717) is 28.7 Å². The minimum atomic E-state index is -0.523. The van der Waals surface area contributed by atoms with Crippen LogP contribution in [0.1, 0.15) is 24.5 Å². The van der Waals surface area contributed by atoms with Crippen LogP contribution in [0.4, 0.5) is 0 Å². The van der Waals surface area contributed by atoms with E-state index in [1.807, 2.05) is 31.2 Å². The van der Waals surface area contributed by atoms with Crippen LogP contribution in [0.15, 0.2) is 47.1 Å². The normalized spacial score (nSPS) is 14.9. The lowest BCUT2D eigenvalue weighted by atomic mass is 10.1. The molecule has 2 aromatic rings. The molecule has 0 aromatic heterocycles. The molecule has 0 radical (unpaired) electrons. The van der Waals surface area contributed by atoms with E-state index >= 15 is 0 Å². The number of ether oxygens (including phenoxy) is 3. The fraction of sp³-hybridized carbons (Fsp3) is 0.200. The molecule has 0 fully saturated rings. The maximum absolute atomic E-state index is 12.2. The van der Waals surface area contributed by atoms with E-state index in [1.165, 1.54) is 0 Å². The average Bonchev–Trinajstić information content (AvgIpc) is 3.02. The van der Waals surface area contributed by atoms with Crippen molar-refractivity contribution in [1.29, 1.82) is 0 Å². The fourth-order valence-corrected chi connectivity index (χ4v) is 3.14. The molecule has 0 saturated heterocycles. The van der Waals surface area contributed by atoms with E-state index < -0.39 is 5.97 Å². The lowest BCUT2D eigenvalue weighted by Crippen LogP contribution is -2.06. The predicted molar refractivity (Wildman–Crippen MR) is 114 cm³/mol. The highest BCUT2D eigenvalue weighted by Gasteiger charge is 2.26. The van der Waals surface area contributed by atoms with Gasteiger partial charge in [-0.3, -0.25) is 0 Å². The van der Waals surface area contributed by atoms with Crippen LogP contribution in [0, 0.1) is 3.57 Å². The zero-order valence-electron chi connectivity index (χ0n) is 14.8. The lowest BCUT2D eigenvalue weighted by Gasteiger charge is -2.10. The Morgan fingerprint density at radius 3 is 2.78 bits per heavy atom. The van der Waals surface area contributed by atoms with Crippen LogP contribution in [0.25, 0.3) is 6.08 Å². The summed E-state index contributed by atoms with van der Waals surface area (Å²) < 4.78 is 17.3. The van der Waals surface area contributed by atoms with Crippen molar-refractivity contribution in [3.8, 4) is 11.5 Å². The number of methoxy groups -OCH3 is 1. The Morgan fingerprint density at radius 2 is 2.04 bits per heavy atom. The molecule has 1 heterocycles. The summed E-state index contributed by atoms with van der Waals surface area (Å²) >= 11 is 8.37. The molecule has 0 aliphatic carbocycles. The van der Waals surface area contributed by atoms with Crippen molar-refractivity contribution in [2.24, 2.45) is 4.99 Å². The number of carbonyl (C=O) groups is 1. The van der Waals surface area contributed by atoms with Gasteiger partial charge in [-0.1, -0.05) is 24.6 Å². The standard InChI is InChI=1S/C20H17ClINO4/c1-3-8-26-17-7-4-12(10-18(17)25-2)9-16-20(24)27-19(23-16)14-11-13(22)5-6-15(14)21/h4-7,9-11H,3,8H2,1-2H3. The van der Waals surface area contributed by atoms with Gasteiger partial charge in [-0.15, -0.1) is 0 Å². The molecule has 2 aromatic carbocycles. The first kappa shape index (κ1) is 19.7. The van der Waals surface area contributed by atoms with Gasteiger partial charge in [-0.05, 0) is 71.0 Å². The molecule has 5 nitrogen and oxygen atoms in total. The summed E-state index contributed by atoms with van der Waals surface area (Å²) in [5, 5.41) is 0.474. The number of rotatable bonds is 6. The molecule has 0 spiro atoms. The number of halogens is 2. The van der Waals surface area contributed by atoms with E-state index in [1.54, 1.807) is 25.3 Å². The summed E-state index contributed by atoms with van der Waals surface area (Å²) in [6.45, 7) is 2.64. The molecular weight excluding hydrogens is 481 g/mol. The molecule has 0 atom stereocenters. The lowest BCUT2D eigenvalue weighted by molar-refractivity contribution is -0.129. The van der Waals surface area contributed by atoms with Crippen LogP contribution < -0.4 is 9.47 Å². The molecule has 3 rings (SSSR count). The van der Waals surface area contributed by atoms with Crippen molar-refractivity contribution >= 4 is 52.1 Å². The highest BCUT2D eigenvalue weighted by molar-refractivity contribution is 14.1. The van der Waals surface area contributed by atoms with Crippen molar-refractivity contribution in [2.45, 2.75) is 13.3 Å². The van der Waals surface area contributed by atoms with Gasteiger partial charge in [0.2, 0.25) is 5.90 Å². The second-order valence-electron chi connectivity index (χ2n) is 5.72. The van der Waals surface area contributed by atoms with Crippen molar-refractivity contribution in [3.05, 3.63) is 61.8 Å². The molecule has 7 heteroatoms. The molecule has 27 heavy (non-hydrogen) atoms. The highest BCUT2D eigenvalue weighted by atomic mass is 127. The maximum atomic E-state index is 12.2. The molecule has 140 valence electrons. The molecule has 1 aliphatic rings. The molecule has 0 amide bonds. The van der Waals surface area contributed by atoms with Gasteiger partial charge in [0.25, 0.3) is 0 Å². The topological polar surface area (TPSA) is 57.1 Å². The van der Waals surface area contributed by atoms with Crippen LogP contribution in [-0.4, -0.2) is 25.6 Å². The molecule has 0 saturated carbocycles. The predicted octanol–water partition coefficient (Wildman–Crippen LogP) is 5.09. The van der Waals surface area contributed by atoms with Crippen molar-refractivity contribution in [1.82, 2.24) is 0 Å². The Balaban J connectivity index is 1.91. The summed E-state index contributed by atoms with van der Waals surface area (Å²) in [5.74, 6) is 0.925. The maximum Gasteiger partial charge on any atom is 0.363 e. The number of nitrogens with zero attached hydrogens (tertiary/aromatic N) is 1. The number of esters is 1. The Hall–Kier alpha value is -2.06. The van der Waals surface area contributed by atoms with Crippen molar-refractivity contribution in [2.75, 3.05) is 13.7 Å². The first-order valence-corrected chi connectivity index (χ1v) is 9.76. The Kier molecular flexibility index (Phi) is 6.38. The fourth-order valence-electron chi connectivity index (χ4n) is 2.45. The van der Waals surface area contributed by atoms with Crippen LogP contribution in [-0.2, 0) is 9.53 Å². The molecule has 0 unspecified atom stereocenters. The van der Waals surface area contributed by atoms with Gasteiger partial charge in [-0.2, -0.15) is 0 Å². The SMILES string of the molecule is CCCOc1ccc(C=C2N=C(c3cc(I)ccc3Cl)OC2=O)cc1OC. The van der Waals surface area contributed by atoms with E-state index in [4.69, 9.17) is 25.8 Å². The second-order valence-corrected chi connectivity index (χ2v) is 7.37. The zero-order valence-corrected chi connectivity index (χ0v) is 17.7. The minimum absolute atomic E-state index is 0.198. The average molecular weight is 498 g/mol. The third kappa shape index (κ3) is 4.62. The van der Waals surface area contributed by atoms with E-state index in [0.717, 1.165) is 15.6 Å². The number of hydrogen-bond acceptors (Lipinski definition) is 5. The monoisotopic (exact) mass is 497 g/mol. The third-order valence-electron chi connectivity index (χ3n) is 3.73. The largest absolute Gasteiger partial charge is 0.493 e. The van der Waals surface area contributed by atoms with Gasteiger partial charge in [0.15, 0.2) is 17.2 Å². The zero-order chi connectivity index (χ0) is 19.4.